The molecule has 0 aliphatic rings. The van der Waals surface area contributed by atoms with Gasteiger partial charge in [0.1, 0.15) is 0 Å². The van der Waals surface area contributed by atoms with Gasteiger partial charge in [0, 0.05) is 13.7 Å². The van der Waals surface area contributed by atoms with Crippen LogP contribution in [0.15, 0.2) is 6.20 Å². The number of rotatable bonds is 10. The molecule has 0 aromatic carbocycles. The van der Waals surface area contributed by atoms with Gasteiger partial charge in [-0.2, -0.15) is 5.10 Å². The number of hydrogen-bond donors (Lipinski definition) is 1. The van der Waals surface area contributed by atoms with Crippen molar-refractivity contribution in [2.75, 3.05) is 26.9 Å². The molecule has 0 fully saturated rings. The molecular weight excluding hydrogens is 290 g/mol. The van der Waals surface area contributed by atoms with Crippen molar-refractivity contribution in [3.8, 4) is 0 Å². The summed E-state index contributed by atoms with van der Waals surface area (Å²) in [6, 6.07) is -0.0238. The van der Waals surface area contributed by atoms with Gasteiger partial charge in [-0.3, -0.25) is 4.68 Å². The molecule has 1 rings (SSSR count). The van der Waals surface area contributed by atoms with E-state index in [0.717, 1.165) is 18.7 Å². The van der Waals surface area contributed by atoms with Gasteiger partial charge in [0.2, 0.25) is 0 Å². The number of ether oxygens (including phenoxy) is 2. The third kappa shape index (κ3) is 4.95. The second kappa shape index (κ2) is 8.73. The molecule has 1 unspecified atom stereocenters. The molecule has 1 atom stereocenters. The Hall–Kier alpha value is -0.620. The minimum Gasteiger partial charge on any atom is -0.383 e. The molecule has 0 bridgehead atoms. The van der Waals surface area contributed by atoms with Crippen LogP contribution in [0.1, 0.15) is 45.9 Å². The first-order chi connectivity index (χ1) is 9.97. The second-order valence-electron chi connectivity index (χ2n) is 5.52. The minimum atomic E-state index is -0.377. The lowest BCUT2D eigenvalue weighted by Gasteiger charge is -2.35. The largest absolute Gasteiger partial charge is 0.383 e. The van der Waals surface area contributed by atoms with E-state index in [0.29, 0.717) is 24.8 Å². The SMILES string of the molecule is CCCNC(c1c(Cl)cnn1CCOC)C(C)(C)OCC. The molecule has 122 valence electrons. The van der Waals surface area contributed by atoms with Crippen molar-refractivity contribution in [3.05, 3.63) is 16.9 Å². The summed E-state index contributed by atoms with van der Waals surface area (Å²) in [6.45, 7) is 11.1. The van der Waals surface area contributed by atoms with Crippen LogP contribution in [0, 0.1) is 0 Å². The average molecular weight is 318 g/mol. The molecule has 0 radical (unpaired) electrons. The summed E-state index contributed by atoms with van der Waals surface area (Å²) >= 11 is 6.38. The van der Waals surface area contributed by atoms with Crippen molar-refractivity contribution < 1.29 is 9.47 Å². The molecule has 0 aliphatic carbocycles. The van der Waals surface area contributed by atoms with Gasteiger partial charge < -0.3 is 14.8 Å². The van der Waals surface area contributed by atoms with E-state index >= 15 is 0 Å². The first kappa shape index (κ1) is 18.4. The summed E-state index contributed by atoms with van der Waals surface area (Å²) in [5.74, 6) is 0. The smallest absolute Gasteiger partial charge is 0.0836 e. The van der Waals surface area contributed by atoms with Gasteiger partial charge in [0.15, 0.2) is 0 Å². The van der Waals surface area contributed by atoms with Gasteiger partial charge in [-0.15, -0.1) is 0 Å². The molecule has 0 saturated carbocycles. The van der Waals surface area contributed by atoms with Crippen LogP contribution >= 0.6 is 11.6 Å². The van der Waals surface area contributed by atoms with Gasteiger partial charge in [-0.05, 0) is 33.7 Å². The van der Waals surface area contributed by atoms with Crippen molar-refractivity contribution in [1.82, 2.24) is 15.1 Å². The Morgan fingerprint density at radius 3 is 2.71 bits per heavy atom. The first-order valence-electron chi connectivity index (χ1n) is 7.55. The Balaban J connectivity index is 3.09. The summed E-state index contributed by atoms with van der Waals surface area (Å²) in [5.41, 5.74) is 0.582. The zero-order chi connectivity index (χ0) is 15.9. The predicted octanol–water partition coefficient (Wildman–Crippen LogP) is 3.04. The fourth-order valence-corrected chi connectivity index (χ4v) is 2.68. The van der Waals surface area contributed by atoms with Crippen molar-refractivity contribution >= 4 is 11.6 Å². The monoisotopic (exact) mass is 317 g/mol. The van der Waals surface area contributed by atoms with Gasteiger partial charge in [-0.1, -0.05) is 18.5 Å². The van der Waals surface area contributed by atoms with E-state index < -0.39 is 0 Å². The fraction of sp³-hybridized carbons (Fsp3) is 0.800. The summed E-state index contributed by atoms with van der Waals surface area (Å²) < 4.78 is 13.0. The van der Waals surface area contributed by atoms with Crippen LogP contribution in [0.5, 0.6) is 0 Å². The Kier molecular flexibility index (Phi) is 7.66. The highest BCUT2D eigenvalue weighted by atomic mass is 35.5. The first-order valence-corrected chi connectivity index (χ1v) is 7.93. The Morgan fingerprint density at radius 1 is 1.43 bits per heavy atom. The van der Waals surface area contributed by atoms with Crippen LogP contribution in [0.3, 0.4) is 0 Å². The van der Waals surface area contributed by atoms with Crippen molar-refractivity contribution in [1.29, 1.82) is 0 Å². The number of methoxy groups -OCH3 is 1. The van der Waals surface area contributed by atoms with Crippen LogP contribution < -0.4 is 5.32 Å². The van der Waals surface area contributed by atoms with E-state index in [1.807, 2.05) is 11.6 Å². The third-order valence-corrected chi connectivity index (χ3v) is 3.72. The molecule has 1 N–H and O–H groups in total. The number of nitrogens with zero attached hydrogens (tertiary/aromatic N) is 2. The van der Waals surface area contributed by atoms with Gasteiger partial charge in [-0.25, -0.2) is 0 Å². The van der Waals surface area contributed by atoms with E-state index in [1.165, 1.54) is 0 Å². The molecule has 0 spiro atoms. The summed E-state index contributed by atoms with van der Waals surface area (Å²) in [6.07, 6.45) is 2.73. The molecule has 1 aromatic heterocycles. The standard InChI is InChI=1S/C15H28ClN3O2/c1-6-8-17-14(15(3,4)21-7-2)13-12(16)11-18-19(13)9-10-20-5/h11,14,17H,6-10H2,1-5H3. The topological polar surface area (TPSA) is 48.3 Å². The number of nitrogens with one attached hydrogen (secondary N) is 1. The molecule has 0 amide bonds. The molecule has 21 heavy (non-hydrogen) atoms. The Bertz CT molecular complexity index is 421. The number of aromatic nitrogens is 2. The molecule has 0 aliphatic heterocycles. The maximum absolute atomic E-state index is 6.38. The Labute approximate surface area is 132 Å². The quantitative estimate of drug-likeness (QED) is 0.720. The molecular formula is C15H28ClN3O2. The molecule has 1 heterocycles. The lowest BCUT2D eigenvalue weighted by molar-refractivity contribution is -0.0413. The van der Waals surface area contributed by atoms with Gasteiger partial charge in [0.25, 0.3) is 0 Å². The maximum Gasteiger partial charge on any atom is 0.0836 e. The highest BCUT2D eigenvalue weighted by Gasteiger charge is 2.35. The van der Waals surface area contributed by atoms with E-state index in [1.54, 1.807) is 13.3 Å². The predicted molar refractivity (Wildman–Crippen MR) is 85.9 cm³/mol. The van der Waals surface area contributed by atoms with E-state index in [4.69, 9.17) is 21.1 Å². The zero-order valence-corrected chi connectivity index (χ0v) is 14.5. The van der Waals surface area contributed by atoms with E-state index in [2.05, 4.69) is 31.2 Å². The molecule has 6 heteroatoms. The van der Waals surface area contributed by atoms with Crippen LogP contribution in [0.25, 0.3) is 0 Å². The maximum atomic E-state index is 6.38. The molecule has 1 aromatic rings. The van der Waals surface area contributed by atoms with Crippen LogP contribution in [0.2, 0.25) is 5.02 Å². The van der Waals surface area contributed by atoms with E-state index in [9.17, 15) is 0 Å². The third-order valence-electron chi connectivity index (χ3n) is 3.42. The van der Waals surface area contributed by atoms with Crippen molar-refractivity contribution in [2.24, 2.45) is 0 Å². The fourth-order valence-electron chi connectivity index (χ4n) is 2.43. The highest BCUT2D eigenvalue weighted by Crippen LogP contribution is 2.33. The lowest BCUT2D eigenvalue weighted by atomic mass is 9.95. The van der Waals surface area contributed by atoms with Crippen molar-refractivity contribution in [2.45, 2.75) is 52.3 Å². The normalized spacial score (nSPS) is 13.6. The number of halogens is 1. The zero-order valence-electron chi connectivity index (χ0n) is 13.8. The van der Waals surface area contributed by atoms with E-state index in [-0.39, 0.29) is 11.6 Å². The lowest BCUT2D eigenvalue weighted by Crippen LogP contribution is -2.43. The minimum absolute atomic E-state index is 0.0238. The summed E-state index contributed by atoms with van der Waals surface area (Å²) in [5, 5.41) is 8.57. The second-order valence-corrected chi connectivity index (χ2v) is 5.92. The highest BCUT2D eigenvalue weighted by molar-refractivity contribution is 6.31. The average Bonchev–Trinajstić information content (AvgIpc) is 2.78. The van der Waals surface area contributed by atoms with Gasteiger partial charge in [0.05, 0.1) is 41.7 Å². The van der Waals surface area contributed by atoms with Crippen LogP contribution in [-0.4, -0.2) is 42.2 Å². The Morgan fingerprint density at radius 2 is 2.14 bits per heavy atom. The summed E-state index contributed by atoms with van der Waals surface area (Å²) in [7, 11) is 1.68. The molecule has 5 nitrogen and oxygen atoms in total. The van der Waals surface area contributed by atoms with Crippen LogP contribution in [0.4, 0.5) is 0 Å². The number of hydrogen-bond acceptors (Lipinski definition) is 4. The van der Waals surface area contributed by atoms with Crippen molar-refractivity contribution in [3.63, 3.8) is 0 Å². The van der Waals surface area contributed by atoms with Gasteiger partial charge >= 0.3 is 0 Å². The van der Waals surface area contributed by atoms with Crippen LogP contribution in [-0.2, 0) is 16.0 Å². The molecule has 0 saturated heterocycles. The summed E-state index contributed by atoms with van der Waals surface area (Å²) in [4.78, 5) is 0.